The summed E-state index contributed by atoms with van der Waals surface area (Å²) in [6.45, 7) is 0. The van der Waals surface area contributed by atoms with Crippen molar-refractivity contribution in [3.8, 4) is 22.5 Å². The third-order valence-electron chi connectivity index (χ3n) is 4.20. The predicted molar refractivity (Wildman–Crippen MR) is 105 cm³/mol. The number of carbonyl (C=O) groups is 1. The Hall–Kier alpha value is -3.73. The monoisotopic (exact) mass is 354 g/mol. The number of carbonyl (C=O) groups excluding carboxylic acids is 1. The van der Waals surface area contributed by atoms with Crippen LogP contribution in [0.2, 0.25) is 0 Å². The van der Waals surface area contributed by atoms with Gasteiger partial charge in [0.05, 0.1) is 6.42 Å². The minimum absolute atomic E-state index is 0.150. The summed E-state index contributed by atoms with van der Waals surface area (Å²) in [5.41, 5.74) is 7.15. The Morgan fingerprint density at radius 3 is 1.96 bits per heavy atom. The zero-order chi connectivity index (χ0) is 18.5. The molecule has 0 atom stereocenters. The number of hydrogen-bond acceptors (Lipinski definition) is 3. The van der Waals surface area contributed by atoms with Crippen molar-refractivity contribution in [3.63, 3.8) is 0 Å². The molecule has 1 heterocycles. The van der Waals surface area contributed by atoms with Crippen molar-refractivity contribution in [2.24, 2.45) is 0 Å². The highest BCUT2D eigenvalue weighted by atomic mass is 16.2. The summed E-state index contributed by atoms with van der Waals surface area (Å²) in [6, 6.07) is 29.2. The minimum Gasteiger partial charge on any atom is -0.273 e. The first-order valence-corrected chi connectivity index (χ1v) is 8.71. The second-order valence-corrected chi connectivity index (χ2v) is 6.13. The lowest BCUT2D eigenvalue weighted by Crippen LogP contribution is -2.26. The predicted octanol–water partition coefficient (Wildman–Crippen LogP) is 3.92. The lowest BCUT2D eigenvalue weighted by Gasteiger charge is -2.10. The van der Waals surface area contributed by atoms with Gasteiger partial charge in [-0.05, 0) is 10.8 Å². The molecule has 0 saturated heterocycles. The van der Waals surface area contributed by atoms with Crippen LogP contribution in [0.15, 0.2) is 91.0 Å². The van der Waals surface area contributed by atoms with Gasteiger partial charge in [-0.15, -0.1) is 5.10 Å². The molecule has 0 bridgehead atoms. The van der Waals surface area contributed by atoms with E-state index in [1.807, 2.05) is 91.0 Å². The van der Waals surface area contributed by atoms with Gasteiger partial charge in [-0.1, -0.05) is 91.0 Å². The molecular weight excluding hydrogens is 336 g/mol. The van der Waals surface area contributed by atoms with Crippen LogP contribution in [-0.2, 0) is 11.2 Å². The second-order valence-electron chi connectivity index (χ2n) is 6.13. The van der Waals surface area contributed by atoms with E-state index in [1.165, 1.54) is 4.79 Å². The molecule has 1 aromatic heterocycles. The van der Waals surface area contributed by atoms with Gasteiger partial charge in [0, 0.05) is 11.1 Å². The first kappa shape index (κ1) is 16.7. The molecule has 4 aromatic rings. The minimum atomic E-state index is -0.150. The molecule has 0 aliphatic carbocycles. The highest BCUT2D eigenvalue weighted by Gasteiger charge is 2.18. The average Bonchev–Trinajstić information content (AvgIpc) is 3.13. The summed E-state index contributed by atoms with van der Waals surface area (Å²) in [5, 5.41) is 8.51. The number of nitrogens with zero attached hydrogens (tertiary/aromatic N) is 3. The molecule has 0 unspecified atom stereocenters. The Balaban J connectivity index is 1.69. The maximum Gasteiger partial charge on any atom is 0.244 e. The van der Waals surface area contributed by atoms with Gasteiger partial charge in [-0.3, -0.25) is 4.79 Å². The van der Waals surface area contributed by atoms with E-state index in [0.717, 1.165) is 28.1 Å². The fourth-order valence-electron chi connectivity index (χ4n) is 2.94. The number of aromatic nitrogens is 3. The molecule has 1 amide bonds. The maximum absolute atomic E-state index is 12.5. The summed E-state index contributed by atoms with van der Waals surface area (Å²) in [6.07, 6.45) is 0.273. The van der Waals surface area contributed by atoms with E-state index in [4.69, 9.17) is 0 Å². The van der Waals surface area contributed by atoms with Gasteiger partial charge in [0.2, 0.25) is 5.91 Å². The zero-order valence-electron chi connectivity index (χ0n) is 14.6. The quantitative estimate of drug-likeness (QED) is 0.591. The Bertz CT molecular complexity index is 1030. The van der Waals surface area contributed by atoms with Crippen LogP contribution in [0.25, 0.3) is 22.5 Å². The van der Waals surface area contributed by atoms with Crippen molar-refractivity contribution in [1.29, 1.82) is 0 Å². The Kier molecular flexibility index (Phi) is 4.74. The van der Waals surface area contributed by atoms with Gasteiger partial charge in [-0.2, -0.15) is 4.79 Å². The van der Waals surface area contributed by atoms with Crippen molar-refractivity contribution >= 4 is 5.91 Å². The second kappa shape index (κ2) is 7.66. The molecular formula is C22H18N4O. The maximum atomic E-state index is 12.5. The number of nitrogens with one attached hydrogen (secondary N) is 1. The fourth-order valence-corrected chi connectivity index (χ4v) is 2.94. The normalized spacial score (nSPS) is 10.5. The van der Waals surface area contributed by atoms with Crippen LogP contribution in [0.4, 0.5) is 0 Å². The van der Waals surface area contributed by atoms with Crippen molar-refractivity contribution in [3.05, 3.63) is 96.6 Å². The Morgan fingerprint density at radius 2 is 1.33 bits per heavy atom. The van der Waals surface area contributed by atoms with Crippen LogP contribution in [0, 0.1) is 0 Å². The van der Waals surface area contributed by atoms with Crippen molar-refractivity contribution in [1.82, 2.24) is 15.1 Å². The van der Waals surface area contributed by atoms with Crippen LogP contribution in [0.1, 0.15) is 5.56 Å². The molecule has 132 valence electrons. The van der Waals surface area contributed by atoms with Gasteiger partial charge in [0.15, 0.2) is 0 Å². The zero-order valence-corrected chi connectivity index (χ0v) is 14.6. The first-order valence-electron chi connectivity index (χ1n) is 8.71. The number of amides is 1. The third kappa shape index (κ3) is 3.77. The van der Waals surface area contributed by atoms with Gasteiger partial charge in [0.25, 0.3) is 0 Å². The highest BCUT2D eigenvalue weighted by molar-refractivity contribution is 5.87. The van der Waals surface area contributed by atoms with E-state index in [0.29, 0.717) is 0 Å². The van der Waals surface area contributed by atoms with E-state index in [9.17, 15) is 4.79 Å². The molecule has 5 heteroatoms. The standard InChI is InChI=1S/C22H18N4O/c27-20(16-17-10-4-1-5-11-17)24-26-22(19-14-8-3-9-15-19)21(23-25-26)18-12-6-2-7-13-18/h1-15H,16H2,(H,24,27). The molecule has 0 aliphatic rings. The SMILES string of the molecule is O=C(Cc1ccccc1)Nn1nnc(-c2ccccc2)c1-c1ccccc1. The third-order valence-corrected chi connectivity index (χ3v) is 4.20. The highest BCUT2D eigenvalue weighted by Crippen LogP contribution is 2.29. The molecule has 27 heavy (non-hydrogen) atoms. The molecule has 4 rings (SSSR count). The van der Waals surface area contributed by atoms with Crippen molar-refractivity contribution in [2.75, 3.05) is 5.43 Å². The molecule has 1 N–H and O–H groups in total. The Labute approximate surface area is 157 Å². The van der Waals surface area contributed by atoms with Crippen LogP contribution in [0.5, 0.6) is 0 Å². The molecule has 3 aromatic carbocycles. The fraction of sp³-hybridized carbons (Fsp3) is 0.0455. The van der Waals surface area contributed by atoms with Crippen molar-refractivity contribution < 1.29 is 4.79 Å². The van der Waals surface area contributed by atoms with Crippen LogP contribution < -0.4 is 5.43 Å². The summed E-state index contributed by atoms with van der Waals surface area (Å²) >= 11 is 0. The molecule has 0 radical (unpaired) electrons. The van der Waals surface area contributed by atoms with E-state index in [-0.39, 0.29) is 12.3 Å². The van der Waals surface area contributed by atoms with E-state index < -0.39 is 0 Å². The topological polar surface area (TPSA) is 59.8 Å². The van der Waals surface area contributed by atoms with Gasteiger partial charge in [-0.25, -0.2) is 5.43 Å². The van der Waals surface area contributed by atoms with Gasteiger partial charge in [0.1, 0.15) is 11.4 Å². The largest absolute Gasteiger partial charge is 0.273 e. The summed E-state index contributed by atoms with van der Waals surface area (Å²) in [4.78, 5) is 14.0. The summed E-state index contributed by atoms with van der Waals surface area (Å²) in [5.74, 6) is -0.150. The average molecular weight is 354 g/mol. The molecule has 0 spiro atoms. The Morgan fingerprint density at radius 1 is 0.778 bits per heavy atom. The van der Waals surface area contributed by atoms with Gasteiger partial charge >= 0.3 is 0 Å². The molecule has 0 aliphatic heterocycles. The van der Waals surface area contributed by atoms with Crippen LogP contribution >= 0.6 is 0 Å². The summed E-state index contributed by atoms with van der Waals surface area (Å²) < 4.78 is 0. The lowest BCUT2D eigenvalue weighted by molar-refractivity contribution is -0.116. The number of rotatable bonds is 5. The van der Waals surface area contributed by atoms with E-state index in [2.05, 4.69) is 15.7 Å². The van der Waals surface area contributed by atoms with Crippen LogP contribution in [-0.4, -0.2) is 21.0 Å². The molecule has 5 nitrogen and oxygen atoms in total. The van der Waals surface area contributed by atoms with E-state index >= 15 is 0 Å². The molecule has 0 saturated carbocycles. The first-order chi connectivity index (χ1) is 13.3. The number of hydrogen-bond donors (Lipinski definition) is 1. The lowest BCUT2D eigenvalue weighted by atomic mass is 10.1. The van der Waals surface area contributed by atoms with E-state index in [1.54, 1.807) is 0 Å². The smallest absolute Gasteiger partial charge is 0.244 e. The molecule has 0 fully saturated rings. The van der Waals surface area contributed by atoms with Crippen molar-refractivity contribution in [2.45, 2.75) is 6.42 Å². The summed E-state index contributed by atoms with van der Waals surface area (Å²) in [7, 11) is 0. The van der Waals surface area contributed by atoms with Gasteiger partial charge < -0.3 is 0 Å². The van der Waals surface area contributed by atoms with Crippen LogP contribution in [0.3, 0.4) is 0 Å². The number of benzene rings is 3.